The van der Waals surface area contributed by atoms with Crippen LogP contribution in [-0.4, -0.2) is 36.0 Å². The van der Waals surface area contributed by atoms with E-state index < -0.39 is 6.04 Å². The fourth-order valence-corrected chi connectivity index (χ4v) is 3.38. The van der Waals surface area contributed by atoms with Crippen molar-refractivity contribution in [2.75, 3.05) is 7.05 Å². The van der Waals surface area contributed by atoms with E-state index in [1.807, 2.05) is 19.9 Å². The Hall–Kier alpha value is -1.39. The van der Waals surface area contributed by atoms with E-state index in [9.17, 15) is 4.79 Å². The summed E-state index contributed by atoms with van der Waals surface area (Å²) in [4.78, 5) is 14.7. The number of hydrogen-bond donors (Lipinski definition) is 2. The van der Waals surface area contributed by atoms with Crippen LogP contribution in [0.25, 0.3) is 0 Å². The van der Waals surface area contributed by atoms with Crippen LogP contribution in [0.3, 0.4) is 0 Å². The third-order valence-electron chi connectivity index (χ3n) is 4.92. The van der Waals surface area contributed by atoms with Crippen molar-refractivity contribution in [2.45, 2.75) is 64.2 Å². The van der Waals surface area contributed by atoms with Gasteiger partial charge in [0.2, 0.25) is 5.91 Å². The zero-order valence-corrected chi connectivity index (χ0v) is 14.7. The minimum atomic E-state index is -0.419. The number of nitrogens with one attached hydrogen (secondary N) is 1. The smallest absolute Gasteiger partial charge is 0.237 e. The lowest BCUT2D eigenvalue weighted by atomic mass is 9.88. The van der Waals surface area contributed by atoms with E-state index in [1.54, 1.807) is 0 Å². The van der Waals surface area contributed by atoms with Gasteiger partial charge >= 0.3 is 0 Å². The maximum atomic E-state index is 12.3. The van der Waals surface area contributed by atoms with Crippen molar-refractivity contribution in [3.8, 4) is 0 Å². The van der Waals surface area contributed by atoms with E-state index in [0.717, 1.165) is 19.4 Å². The van der Waals surface area contributed by atoms with Gasteiger partial charge in [0.15, 0.2) is 0 Å². The van der Waals surface area contributed by atoms with Crippen molar-refractivity contribution in [3.05, 3.63) is 35.9 Å². The molecule has 0 spiro atoms. The fraction of sp³-hybridized carbons (Fsp3) is 0.632. The second-order valence-electron chi connectivity index (χ2n) is 7.14. The molecule has 0 aromatic heterocycles. The first-order valence-electron chi connectivity index (χ1n) is 8.79. The largest absolute Gasteiger partial charge is 0.350 e. The lowest BCUT2D eigenvalue weighted by Gasteiger charge is -2.39. The Balaban J connectivity index is 1.98. The van der Waals surface area contributed by atoms with Gasteiger partial charge in [-0.3, -0.25) is 9.69 Å². The summed E-state index contributed by atoms with van der Waals surface area (Å²) in [6.07, 6.45) is 4.58. The molecule has 3 N–H and O–H groups in total. The second kappa shape index (κ2) is 8.46. The molecule has 23 heavy (non-hydrogen) atoms. The molecule has 1 aromatic carbocycles. The number of hydrogen-bond acceptors (Lipinski definition) is 3. The molecule has 0 unspecified atom stereocenters. The first kappa shape index (κ1) is 18.0. The summed E-state index contributed by atoms with van der Waals surface area (Å²) in [6.45, 7) is 4.89. The molecule has 0 bridgehead atoms. The van der Waals surface area contributed by atoms with Gasteiger partial charge in [0, 0.05) is 18.6 Å². The molecule has 0 heterocycles. The second-order valence-corrected chi connectivity index (χ2v) is 7.14. The molecule has 0 radical (unpaired) electrons. The average molecular weight is 317 g/mol. The molecule has 2 rings (SSSR count). The monoisotopic (exact) mass is 317 g/mol. The molecule has 4 nitrogen and oxygen atoms in total. The molecule has 1 aromatic rings. The highest BCUT2D eigenvalue weighted by atomic mass is 16.2. The third kappa shape index (κ3) is 5.05. The van der Waals surface area contributed by atoms with E-state index in [-0.39, 0.29) is 17.9 Å². The Bertz CT molecular complexity index is 489. The third-order valence-corrected chi connectivity index (χ3v) is 4.92. The molecule has 1 aliphatic carbocycles. The predicted molar refractivity (Wildman–Crippen MR) is 94.9 cm³/mol. The maximum Gasteiger partial charge on any atom is 0.237 e. The lowest BCUT2D eigenvalue weighted by Crippen LogP contribution is -2.56. The molecule has 1 saturated carbocycles. The topological polar surface area (TPSA) is 58.4 Å². The SMILES string of the molecule is CC(C)[C@H](N)C(=O)N[C@H]1CCCC[C@H]1N(C)Cc1ccccc1. The van der Waals surface area contributed by atoms with Gasteiger partial charge < -0.3 is 11.1 Å². The zero-order chi connectivity index (χ0) is 16.8. The van der Waals surface area contributed by atoms with Gasteiger partial charge in [-0.2, -0.15) is 0 Å². The number of rotatable bonds is 6. The van der Waals surface area contributed by atoms with Gasteiger partial charge in [-0.25, -0.2) is 0 Å². The molecule has 1 amide bonds. The number of carbonyl (C=O) groups is 1. The summed E-state index contributed by atoms with van der Waals surface area (Å²) < 4.78 is 0. The molecule has 4 heteroatoms. The standard InChI is InChI=1S/C19H31N3O/c1-14(2)18(20)19(23)21-16-11-7-8-12-17(16)22(3)13-15-9-5-4-6-10-15/h4-6,9-10,14,16-18H,7-8,11-13,20H2,1-3H3,(H,21,23)/t16-,17+,18-/m0/s1. The molecule has 3 atom stereocenters. The molecule has 0 aliphatic heterocycles. The highest BCUT2D eigenvalue weighted by molar-refractivity contribution is 5.82. The van der Waals surface area contributed by atoms with Crippen LogP contribution in [-0.2, 0) is 11.3 Å². The van der Waals surface area contributed by atoms with Gasteiger partial charge in [-0.05, 0) is 31.4 Å². The normalized spacial score (nSPS) is 23.0. The molecule has 1 fully saturated rings. The number of benzene rings is 1. The number of amides is 1. The summed E-state index contributed by atoms with van der Waals surface area (Å²) in [5, 5.41) is 3.21. The van der Waals surface area contributed by atoms with Crippen molar-refractivity contribution < 1.29 is 4.79 Å². The Morgan fingerprint density at radius 2 is 1.91 bits per heavy atom. The zero-order valence-electron chi connectivity index (χ0n) is 14.7. The predicted octanol–water partition coefficient (Wildman–Crippen LogP) is 2.53. The molecular formula is C19H31N3O. The van der Waals surface area contributed by atoms with Gasteiger partial charge in [-0.1, -0.05) is 57.0 Å². The van der Waals surface area contributed by atoms with Crippen LogP contribution in [0.4, 0.5) is 0 Å². The van der Waals surface area contributed by atoms with E-state index in [4.69, 9.17) is 5.73 Å². The van der Waals surface area contributed by atoms with E-state index >= 15 is 0 Å². The van der Waals surface area contributed by atoms with Gasteiger partial charge in [0.1, 0.15) is 0 Å². The quantitative estimate of drug-likeness (QED) is 0.847. The molecule has 0 saturated heterocycles. The van der Waals surface area contributed by atoms with E-state index in [0.29, 0.717) is 6.04 Å². The van der Waals surface area contributed by atoms with Crippen molar-refractivity contribution in [2.24, 2.45) is 11.7 Å². The Kier molecular flexibility index (Phi) is 6.60. The average Bonchev–Trinajstić information content (AvgIpc) is 2.55. The number of nitrogens with zero attached hydrogens (tertiary/aromatic N) is 1. The van der Waals surface area contributed by atoms with Crippen LogP contribution >= 0.6 is 0 Å². The summed E-state index contributed by atoms with van der Waals surface area (Å²) >= 11 is 0. The molecular weight excluding hydrogens is 286 g/mol. The van der Waals surface area contributed by atoms with Gasteiger partial charge in [-0.15, -0.1) is 0 Å². The Morgan fingerprint density at radius 1 is 1.26 bits per heavy atom. The van der Waals surface area contributed by atoms with E-state index in [1.165, 1.54) is 18.4 Å². The first-order valence-corrected chi connectivity index (χ1v) is 8.79. The number of likely N-dealkylation sites (N-methyl/N-ethyl adjacent to an activating group) is 1. The Labute approximate surface area is 140 Å². The summed E-state index contributed by atoms with van der Waals surface area (Å²) in [5.74, 6) is 0.157. The van der Waals surface area contributed by atoms with E-state index in [2.05, 4.69) is 41.5 Å². The van der Waals surface area contributed by atoms with Crippen molar-refractivity contribution in [3.63, 3.8) is 0 Å². The minimum absolute atomic E-state index is 0.00925. The summed E-state index contributed by atoms with van der Waals surface area (Å²) in [5.41, 5.74) is 7.31. The molecule has 1 aliphatic rings. The van der Waals surface area contributed by atoms with Gasteiger partial charge in [0.25, 0.3) is 0 Å². The van der Waals surface area contributed by atoms with Crippen LogP contribution in [0, 0.1) is 5.92 Å². The maximum absolute atomic E-state index is 12.3. The van der Waals surface area contributed by atoms with Crippen LogP contribution in [0.15, 0.2) is 30.3 Å². The molecule has 128 valence electrons. The summed E-state index contributed by atoms with van der Waals surface area (Å²) in [6, 6.07) is 10.7. The van der Waals surface area contributed by atoms with Crippen molar-refractivity contribution >= 4 is 5.91 Å². The number of carbonyl (C=O) groups excluding carboxylic acids is 1. The van der Waals surface area contributed by atoms with Crippen LogP contribution < -0.4 is 11.1 Å². The highest BCUT2D eigenvalue weighted by Gasteiger charge is 2.31. The van der Waals surface area contributed by atoms with Crippen LogP contribution in [0.1, 0.15) is 45.1 Å². The summed E-state index contributed by atoms with van der Waals surface area (Å²) in [7, 11) is 2.16. The highest BCUT2D eigenvalue weighted by Crippen LogP contribution is 2.24. The fourth-order valence-electron chi connectivity index (χ4n) is 3.38. The van der Waals surface area contributed by atoms with Crippen molar-refractivity contribution in [1.29, 1.82) is 0 Å². The van der Waals surface area contributed by atoms with Gasteiger partial charge in [0.05, 0.1) is 6.04 Å². The van der Waals surface area contributed by atoms with Crippen LogP contribution in [0.2, 0.25) is 0 Å². The number of nitrogens with two attached hydrogens (primary N) is 1. The van der Waals surface area contributed by atoms with Crippen LogP contribution in [0.5, 0.6) is 0 Å². The minimum Gasteiger partial charge on any atom is -0.350 e. The van der Waals surface area contributed by atoms with Crippen molar-refractivity contribution in [1.82, 2.24) is 10.2 Å². The Morgan fingerprint density at radius 3 is 2.57 bits per heavy atom. The lowest BCUT2D eigenvalue weighted by molar-refractivity contribution is -0.124. The first-order chi connectivity index (χ1) is 11.0.